The number of amidine groups is 1. The third kappa shape index (κ3) is 3.82. The molecule has 1 rings (SSSR count). The Balaban J connectivity index is 2.41. The Morgan fingerprint density at radius 3 is 2.33 bits per heavy atom. The second kappa shape index (κ2) is 4.97. The van der Waals surface area contributed by atoms with E-state index in [1.54, 1.807) is 0 Å². The van der Waals surface area contributed by atoms with Crippen LogP contribution in [0.1, 0.15) is 40.5 Å². The van der Waals surface area contributed by atoms with Crippen LogP contribution >= 0.6 is 0 Å². The molecular formula is C12H25N3. The summed E-state index contributed by atoms with van der Waals surface area (Å²) in [5.74, 6) is 0.772. The van der Waals surface area contributed by atoms with Crippen molar-refractivity contribution < 1.29 is 0 Å². The lowest BCUT2D eigenvalue weighted by Crippen LogP contribution is -2.35. The number of likely N-dealkylation sites (tertiary alicyclic amines) is 1. The molecule has 0 bridgehead atoms. The summed E-state index contributed by atoms with van der Waals surface area (Å²) in [5.41, 5.74) is 5.93. The van der Waals surface area contributed by atoms with Crippen LogP contribution in [0.3, 0.4) is 0 Å². The fourth-order valence-corrected chi connectivity index (χ4v) is 1.77. The molecule has 1 atom stereocenters. The molecule has 1 aliphatic heterocycles. The maximum atomic E-state index is 5.93. The third-order valence-electron chi connectivity index (χ3n) is 3.06. The zero-order chi connectivity index (χ0) is 11.5. The van der Waals surface area contributed by atoms with Gasteiger partial charge in [0.05, 0.1) is 12.4 Å². The summed E-state index contributed by atoms with van der Waals surface area (Å²) in [4.78, 5) is 6.99. The summed E-state index contributed by atoms with van der Waals surface area (Å²) < 4.78 is 0. The number of rotatable bonds is 3. The van der Waals surface area contributed by atoms with Gasteiger partial charge in [-0.3, -0.25) is 9.89 Å². The average Bonchev–Trinajstić information content (AvgIpc) is 2.64. The molecule has 0 aromatic carbocycles. The molecule has 15 heavy (non-hydrogen) atoms. The molecule has 1 unspecified atom stereocenters. The highest BCUT2D eigenvalue weighted by molar-refractivity contribution is 5.85. The Hall–Kier alpha value is -0.570. The number of nitrogens with two attached hydrogens (primary N) is 1. The van der Waals surface area contributed by atoms with Gasteiger partial charge in [-0.25, -0.2) is 0 Å². The Morgan fingerprint density at radius 1 is 1.33 bits per heavy atom. The van der Waals surface area contributed by atoms with Gasteiger partial charge in [-0.15, -0.1) is 0 Å². The summed E-state index contributed by atoms with van der Waals surface area (Å²) in [6.45, 7) is 11.8. The molecular weight excluding hydrogens is 186 g/mol. The van der Waals surface area contributed by atoms with Crippen molar-refractivity contribution >= 4 is 5.84 Å². The standard InChI is InChI=1S/C12H25N3/c1-10(15-7-5-6-8-15)9-14-11(13)12(2,3)4/h10H,5-9H2,1-4H3,(H2,13,14). The highest BCUT2D eigenvalue weighted by atomic mass is 15.2. The van der Waals surface area contributed by atoms with Gasteiger partial charge in [-0.05, 0) is 32.9 Å². The maximum Gasteiger partial charge on any atom is 0.0992 e. The summed E-state index contributed by atoms with van der Waals surface area (Å²) >= 11 is 0. The van der Waals surface area contributed by atoms with Crippen LogP contribution in [0.2, 0.25) is 0 Å². The molecule has 1 heterocycles. The minimum atomic E-state index is 0.00469. The lowest BCUT2D eigenvalue weighted by atomic mass is 9.95. The minimum absolute atomic E-state index is 0.00469. The molecule has 3 heteroatoms. The molecule has 0 aromatic heterocycles. The van der Waals surface area contributed by atoms with Gasteiger partial charge in [0.25, 0.3) is 0 Å². The van der Waals surface area contributed by atoms with Crippen LogP contribution in [0.15, 0.2) is 4.99 Å². The Kier molecular flexibility index (Phi) is 4.14. The van der Waals surface area contributed by atoms with Crippen LogP contribution in [0.25, 0.3) is 0 Å². The molecule has 0 spiro atoms. The van der Waals surface area contributed by atoms with E-state index in [1.165, 1.54) is 25.9 Å². The zero-order valence-electron chi connectivity index (χ0n) is 10.6. The van der Waals surface area contributed by atoms with Crippen molar-refractivity contribution in [3.63, 3.8) is 0 Å². The van der Waals surface area contributed by atoms with E-state index in [9.17, 15) is 0 Å². The zero-order valence-corrected chi connectivity index (χ0v) is 10.6. The molecule has 1 aliphatic rings. The summed E-state index contributed by atoms with van der Waals surface area (Å²) in [6.07, 6.45) is 2.67. The normalized spacial score (nSPS) is 22.0. The van der Waals surface area contributed by atoms with E-state index in [0.29, 0.717) is 6.04 Å². The van der Waals surface area contributed by atoms with E-state index in [-0.39, 0.29) is 5.41 Å². The second-order valence-corrected chi connectivity index (χ2v) is 5.57. The highest BCUT2D eigenvalue weighted by Crippen LogP contribution is 2.14. The van der Waals surface area contributed by atoms with Gasteiger partial charge in [0.2, 0.25) is 0 Å². The number of hydrogen-bond donors (Lipinski definition) is 1. The fraction of sp³-hybridized carbons (Fsp3) is 0.917. The third-order valence-corrected chi connectivity index (χ3v) is 3.06. The van der Waals surface area contributed by atoms with Crippen LogP contribution in [0, 0.1) is 5.41 Å². The van der Waals surface area contributed by atoms with Crippen LogP contribution in [-0.2, 0) is 0 Å². The van der Waals surface area contributed by atoms with Crippen molar-refractivity contribution in [1.29, 1.82) is 0 Å². The van der Waals surface area contributed by atoms with E-state index in [2.05, 4.69) is 37.6 Å². The Bertz CT molecular complexity index is 222. The maximum absolute atomic E-state index is 5.93. The quantitative estimate of drug-likeness (QED) is 0.572. The Labute approximate surface area is 93.7 Å². The molecule has 2 N–H and O–H groups in total. The van der Waals surface area contributed by atoms with Crippen molar-refractivity contribution in [2.45, 2.75) is 46.6 Å². The van der Waals surface area contributed by atoms with E-state index in [1.807, 2.05) is 0 Å². The van der Waals surface area contributed by atoms with E-state index < -0.39 is 0 Å². The van der Waals surface area contributed by atoms with Gasteiger partial charge in [-0.1, -0.05) is 20.8 Å². The lowest BCUT2D eigenvalue weighted by molar-refractivity contribution is 0.264. The number of hydrogen-bond acceptors (Lipinski definition) is 2. The minimum Gasteiger partial charge on any atom is -0.387 e. The molecule has 0 amide bonds. The molecule has 3 nitrogen and oxygen atoms in total. The SMILES string of the molecule is CC(CN=C(N)C(C)(C)C)N1CCCC1. The van der Waals surface area contributed by atoms with Gasteiger partial charge < -0.3 is 5.73 Å². The predicted octanol–water partition coefficient (Wildman–Crippen LogP) is 1.87. The largest absolute Gasteiger partial charge is 0.387 e. The van der Waals surface area contributed by atoms with E-state index >= 15 is 0 Å². The van der Waals surface area contributed by atoms with Gasteiger partial charge in [-0.2, -0.15) is 0 Å². The van der Waals surface area contributed by atoms with Crippen LogP contribution < -0.4 is 5.73 Å². The van der Waals surface area contributed by atoms with Gasteiger partial charge >= 0.3 is 0 Å². The molecule has 0 saturated carbocycles. The lowest BCUT2D eigenvalue weighted by Gasteiger charge is -2.23. The van der Waals surface area contributed by atoms with Crippen molar-refractivity contribution in [3.8, 4) is 0 Å². The topological polar surface area (TPSA) is 41.6 Å². The summed E-state index contributed by atoms with van der Waals surface area (Å²) in [6, 6.07) is 0.536. The second-order valence-electron chi connectivity index (χ2n) is 5.57. The van der Waals surface area contributed by atoms with Gasteiger partial charge in [0.1, 0.15) is 0 Å². The van der Waals surface area contributed by atoms with Crippen LogP contribution in [0.5, 0.6) is 0 Å². The monoisotopic (exact) mass is 211 g/mol. The predicted molar refractivity (Wildman–Crippen MR) is 66.2 cm³/mol. The Morgan fingerprint density at radius 2 is 1.87 bits per heavy atom. The molecule has 0 aliphatic carbocycles. The fourth-order valence-electron chi connectivity index (χ4n) is 1.77. The van der Waals surface area contributed by atoms with Crippen molar-refractivity contribution in [2.75, 3.05) is 19.6 Å². The van der Waals surface area contributed by atoms with Crippen molar-refractivity contribution in [3.05, 3.63) is 0 Å². The van der Waals surface area contributed by atoms with Crippen molar-refractivity contribution in [1.82, 2.24) is 4.90 Å². The summed E-state index contributed by atoms with van der Waals surface area (Å²) in [5, 5.41) is 0. The molecule has 0 radical (unpaired) electrons. The summed E-state index contributed by atoms with van der Waals surface area (Å²) in [7, 11) is 0. The highest BCUT2D eigenvalue weighted by Gasteiger charge is 2.19. The van der Waals surface area contributed by atoms with Crippen LogP contribution in [-0.4, -0.2) is 36.4 Å². The molecule has 88 valence electrons. The first-order valence-electron chi connectivity index (χ1n) is 5.95. The first kappa shape index (κ1) is 12.5. The molecule has 1 fully saturated rings. The van der Waals surface area contributed by atoms with Gasteiger partial charge in [0, 0.05) is 11.5 Å². The smallest absolute Gasteiger partial charge is 0.0992 e. The van der Waals surface area contributed by atoms with E-state index in [4.69, 9.17) is 5.73 Å². The van der Waals surface area contributed by atoms with Crippen LogP contribution in [0.4, 0.5) is 0 Å². The number of aliphatic imine (C=N–C) groups is 1. The number of nitrogens with zero attached hydrogens (tertiary/aromatic N) is 2. The molecule has 1 saturated heterocycles. The first-order valence-corrected chi connectivity index (χ1v) is 5.95. The average molecular weight is 211 g/mol. The molecule has 0 aromatic rings. The van der Waals surface area contributed by atoms with Gasteiger partial charge in [0.15, 0.2) is 0 Å². The first-order chi connectivity index (χ1) is 6.91. The van der Waals surface area contributed by atoms with Crippen molar-refractivity contribution in [2.24, 2.45) is 16.1 Å². The van der Waals surface area contributed by atoms with E-state index in [0.717, 1.165) is 12.4 Å².